The first-order valence-corrected chi connectivity index (χ1v) is 10.8. The number of halogens is 1. The second-order valence-electron chi connectivity index (χ2n) is 7.31. The monoisotopic (exact) mass is 421 g/mol. The molecule has 0 radical (unpaired) electrons. The lowest BCUT2D eigenvalue weighted by molar-refractivity contribution is -0.116. The van der Waals surface area contributed by atoms with Gasteiger partial charge in [0.2, 0.25) is 0 Å². The van der Waals surface area contributed by atoms with Gasteiger partial charge in [-0.1, -0.05) is 30.8 Å². The van der Waals surface area contributed by atoms with E-state index in [1.807, 2.05) is 38.1 Å². The van der Waals surface area contributed by atoms with Gasteiger partial charge in [-0.25, -0.2) is 4.39 Å². The topological polar surface area (TPSA) is 46.1 Å². The third-order valence-corrected chi connectivity index (χ3v) is 6.26. The van der Waals surface area contributed by atoms with Crippen LogP contribution in [-0.2, 0) is 11.2 Å². The summed E-state index contributed by atoms with van der Waals surface area (Å²) >= 11 is 1.47. The third kappa shape index (κ3) is 4.14. The Morgan fingerprint density at radius 3 is 2.50 bits per heavy atom. The average molecular weight is 422 g/mol. The maximum atomic E-state index is 13.3. The van der Waals surface area contributed by atoms with Gasteiger partial charge < -0.3 is 15.2 Å². The van der Waals surface area contributed by atoms with Crippen LogP contribution in [0.25, 0.3) is 11.8 Å². The molecule has 1 aliphatic heterocycles. The highest BCUT2D eigenvalue weighted by Crippen LogP contribution is 2.32. The van der Waals surface area contributed by atoms with Crippen LogP contribution in [0.3, 0.4) is 0 Å². The molecule has 0 saturated carbocycles. The number of carbonyl (C=O) groups excluding carboxylic acids is 1. The van der Waals surface area contributed by atoms with Crippen LogP contribution in [0.15, 0.2) is 59.5 Å². The molecule has 0 spiro atoms. The Bertz CT molecular complexity index is 1100. The zero-order chi connectivity index (χ0) is 21.3. The van der Waals surface area contributed by atoms with Gasteiger partial charge in [0.15, 0.2) is 5.50 Å². The largest absolute Gasteiger partial charge is 0.357 e. The number of rotatable bonds is 5. The number of amides is 1. The van der Waals surface area contributed by atoms with Gasteiger partial charge >= 0.3 is 0 Å². The maximum Gasteiger partial charge on any atom is 0.260 e. The van der Waals surface area contributed by atoms with E-state index in [9.17, 15) is 9.18 Å². The Morgan fingerprint density at radius 2 is 1.83 bits per heavy atom. The Morgan fingerprint density at radius 1 is 1.13 bits per heavy atom. The van der Waals surface area contributed by atoms with Gasteiger partial charge in [-0.2, -0.15) is 0 Å². The molecule has 1 aliphatic rings. The molecule has 1 aromatic heterocycles. The van der Waals surface area contributed by atoms with Gasteiger partial charge in [0.05, 0.1) is 4.91 Å². The third-order valence-electron chi connectivity index (χ3n) is 5.23. The quantitative estimate of drug-likeness (QED) is 0.543. The summed E-state index contributed by atoms with van der Waals surface area (Å²) in [7, 11) is 0. The van der Waals surface area contributed by atoms with Crippen molar-refractivity contribution in [2.24, 2.45) is 0 Å². The normalized spacial score (nSPS) is 17.4. The number of thioether (sulfide) groups is 1. The van der Waals surface area contributed by atoms with Gasteiger partial charge in [0.1, 0.15) is 5.82 Å². The van der Waals surface area contributed by atoms with Gasteiger partial charge in [0, 0.05) is 22.8 Å². The Kier molecular flexibility index (Phi) is 5.68. The Balaban J connectivity index is 1.54. The second-order valence-corrected chi connectivity index (χ2v) is 8.46. The molecule has 1 saturated heterocycles. The molecule has 1 atom stereocenters. The molecule has 154 valence electrons. The number of hydrogen-bond acceptors (Lipinski definition) is 3. The minimum atomic E-state index is -0.259. The zero-order valence-electron chi connectivity index (χ0n) is 17.2. The summed E-state index contributed by atoms with van der Waals surface area (Å²) in [6, 6.07) is 16.7. The molecule has 0 aliphatic carbocycles. The van der Waals surface area contributed by atoms with Crippen LogP contribution in [0.2, 0.25) is 0 Å². The van der Waals surface area contributed by atoms with Gasteiger partial charge in [-0.3, -0.25) is 4.79 Å². The predicted octanol–water partition coefficient (Wildman–Crippen LogP) is 5.40. The van der Waals surface area contributed by atoms with Crippen molar-refractivity contribution in [3.05, 3.63) is 87.8 Å². The van der Waals surface area contributed by atoms with Crippen LogP contribution in [-0.4, -0.2) is 16.0 Å². The zero-order valence-corrected chi connectivity index (χ0v) is 18.0. The lowest BCUT2D eigenvalue weighted by Crippen LogP contribution is -2.30. The minimum Gasteiger partial charge on any atom is -0.357 e. The number of nitrogens with zero attached hydrogens (tertiary/aromatic N) is 1. The SMILES string of the molecule is CCc1ccc(N[C@@H]2NC(=O)/C(=C/c3cc(C)n(-c4ccc(F)cc4)c3C)S2)cc1. The van der Waals surface area contributed by atoms with Crippen molar-refractivity contribution in [2.75, 3.05) is 5.32 Å². The van der Waals surface area contributed by atoms with E-state index in [0.717, 1.165) is 34.7 Å². The minimum absolute atomic E-state index is 0.0886. The van der Waals surface area contributed by atoms with Crippen LogP contribution < -0.4 is 10.6 Å². The van der Waals surface area contributed by atoms with E-state index >= 15 is 0 Å². The summed E-state index contributed by atoms with van der Waals surface area (Å²) in [4.78, 5) is 13.2. The van der Waals surface area contributed by atoms with Crippen LogP contribution >= 0.6 is 11.8 Å². The van der Waals surface area contributed by atoms with Gasteiger partial charge in [0.25, 0.3) is 5.91 Å². The molecule has 0 unspecified atom stereocenters. The summed E-state index contributed by atoms with van der Waals surface area (Å²) in [5, 5.41) is 6.33. The van der Waals surface area contributed by atoms with Gasteiger partial charge in [-0.15, -0.1) is 0 Å². The summed E-state index contributed by atoms with van der Waals surface area (Å²) in [5.41, 5.74) is 5.95. The van der Waals surface area contributed by atoms with Crippen LogP contribution in [0.5, 0.6) is 0 Å². The van der Waals surface area contributed by atoms with E-state index in [2.05, 4.69) is 34.3 Å². The van der Waals surface area contributed by atoms with Crippen molar-refractivity contribution in [3.63, 3.8) is 0 Å². The first-order chi connectivity index (χ1) is 14.4. The molecule has 2 N–H and O–H groups in total. The fraction of sp³-hybridized carbons (Fsp3) is 0.208. The highest BCUT2D eigenvalue weighted by atomic mass is 32.2. The van der Waals surface area contributed by atoms with E-state index in [1.54, 1.807) is 12.1 Å². The molecule has 4 rings (SSSR count). The molecule has 1 amide bonds. The Labute approximate surface area is 180 Å². The maximum absolute atomic E-state index is 13.3. The standard InChI is InChI=1S/C24H24FN3OS/c1-4-17-5-9-20(10-6-17)26-24-27-23(29)22(30-24)14-18-13-15(2)28(16(18)3)21-11-7-19(25)8-12-21/h5-14,24,26H,4H2,1-3H3,(H,27,29)/b22-14-/t24-/m1/s1. The van der Waals surface area contributed by atoms with Crippen molar-refractivity contribution >= 4 is 29.4 Å². The number of carbonyl (C=O) groups is 1. The van der Waals surface area contributed by atoms with E-state index in [-0.39, 0.29) is 17.2 Å². The molecule has 1 fully saturated rings. The molecule has 0 bridgehead atoms. The average Bonchev–Trinajstić information content (AvgIpc) is 3.21. The molecular formula is C24H24FN3OS. The molecule has 2 aromatic carbocycles. The molecular weight excluding hydrogens is 397 g/mol. The number of nitrogens with one attached hydrogen (secondary N) is 2. The highest BCUT2D eigenvalue weighted by molar-refractivity contribution is 8.05. The van der Waals surface area contributed by atoms with E-state index < -0.39 is 0 Å². The van der Waals surface area contributed by atoms with Crippen molar-refractivity contribution in [1.82, 2.24) is 9.88 Å². The number of anilines is 1. The summed E-state index contributed by atoms with van der Waals surface area (Å²) in [6.45, 7) is 6.13. The lowest BCUT2D eigenvalue weighted by atomic mass is 10.1. The van der Waals surface area contributed by atoms with Gasteiger partial charge in [-0.05, 0) is 79.9 Å². The highest BCUT2D eigenvalue weighted by Gasteiger charge is 2.27. The van der Waals surface area contributed by atoms with Crippen LogP contribution in [0.4, 0.5) is 10.1 Å². The summed E-state index contributed by atoms with van der Waals surface area (Å²) < 4.78 is 15.3. The molecule has 2 heterocycles. The fourth-order valence-electron chi connectivity index (χ4n) is 3.62. The van der Waals surface area contributed by atoms with Crippen molar-refractivity contribution in [2.45, 2.75) is 32.7 Å². The van der Waals surface area contributed by atoms with E-state index in [1.165, 1.54) is 29.5 Å². The predicted molar refractivity (Wildman–Crippen MR) is 122 cm³/mol. The molecule has 4 nitrogen and oxygen atoms in total. The fourth-order valence-corrected chi connectivity index (χ4v) is 4.59. The lowest BCUT2D eigenvalue weighted by Gasteiger charge is -2.12. The first-order valence-electron chi connectivity index (χ1n) is 9.94. The van der Waals surface area contributed by atoms with Crippen LogP contribution in [0.1, 0.15) is 29.4 Å². The smallest absolute Gasteiger partial charge is 0.260 e. The molecule has 6 heteroatoms. The van der Waals surface area contributed by atoms with E-state index in [4.69, 9.17) is 0 Å². The number of benzene rings is 2. The van der Waals surface area contributed by atoms with Crippen molar-refractivity contribution in [1.29, 1.82) is 0 Å². The Hall–Kier alpha value is -2.99. The van der Waals surface area contributed by atoms with Crippen LogP contribution in [0, 0.1) is 19.7 Å². The van der Waals surface area contributed by atoms with E-state index in [0.29, 0.717) is 4.91 Å². The number of aromatic nitrogens is 1. The first kappa shape index (κ1) is 20.3. The van der Waals surface area contributed by atoms with Crippen molar-refractivity contribution < 1.29 is 9.18 Å². The molecule has 30 heavy (non-hydrogen) atoms. The number of hydrogen-bond donors (Lipinski definition) is 2. The summed E-state index contributed by atoms with van der Waals surface area (Å²) in [6.07, 6.45) is 2.92. The summed E-state index contributed by atoms with van der Waals surface area (Å²) in [5.74, 6) is -0.347. The molecule has 3 aromatic rings. The number of aryl methyl sites for hydroxylation is 2. The van der Waals surface area contributed by atoms with Crippen molar-refractivity contribution in [3.8, 4) is 5.69 Å². The second kappa shape index (κ2) is 8.40.